The summed E-state index contributed by atoms with van der Waals surface area (Å²) in [5.74, 6) is 0.783. The highest BCUT2D eigenvalue weighted by atomic mass is 16.6. The van der Waals surface area contributed by atoms with Crippen molar-refractivity contribution >= 4 is 17.8 Å². The topological polar surface area (TPSA) is 71.1 Å². The highest BCUT2D eigenvalue weighted by Crippen LogP contribution is 2.23. The van der Waals surface area contributed by atoms with Crippen molar-refractivity contribution in [2.24, 2.45) is 0 Å². The van der Waals surface area contributed by atoms with E-state index in [2.05, 4.69) is 19.2 Å². The molecule has 0 bridgehead atoms. The molecule has 156 valence electrons. The predicted octanol–water partition coefficient (Wildman–Crippen LogP) is 4.34. The van der Waals surface area contributed by atoms with Crippen LogP contribution in [-0.2, 0) is 4.74 Å². The summed E-state index contributed by atoms with van der Waals surface area (Å²) < 4.78 is 10.5. The lowest BCUT2D eigenvalue weighted by atomic mass is 10.0. The molecular weight excluding hydrogens is 358 g/mol. The molecule has 1 aliphatic rings. The summed E-state index contributed by atoms with van der Waals surface area (Å²) in [4.78, 5) is 28.6. The molecule has 0 spiro atoms. The fourth-order valence-electron chi connectivity index (χ4n) is 3.45. The maximum atomic E-state index is 13.0. The number of amides is 3. The molecule has 28 heavy (non-hydrogen) atoms. The molecule has 1 atom stereocenters. The van der Waals surface area contributed by atoms with Crippen molar-refractivity contribution in [1.82, 2.24) is 9.80 Å². The van der Waals surface area contributed by atoms with E-state index in [9.17, 15) is 9.59 Å². The molecule has 0 radical (unpaired) electrons. The van der Waals surface area contributed by atoms with E-state index in [0.29, 0.717) is 26.3 Å². The van der Waals surface area contributed by atoms with Crippen molar-refractivity contribution in [3.8, 4) is 5.75 Å². The minimum absolute atomic E-state index is 0.100. The Morgan fingerprint density at radius 3 is 2.32 bits per heavy atom. The van der Waals surface area contributed by atoms with E-state index in [1.54, 1.807) is 11.8 Å². The number of carbonyl (C=O) groups excluding carboxylic acids is 2. The molecule has 0 unspecified atom stereocenters. The van der Waals surface area contributed by atoms with Gasteiger partial charge in [0.25, 0.3) is 0 Å². The van der Waals surface area contributed by atoms with Gasteiger partial charge in [-0.15, -0.1) is 0 Å². The van der Waals surface area contributed by atoms with Gasteiger partial charge in [-0.25, -0.2) is 9.59 Å². The summed E-state index contributed by atoms with van der Waals surface area (Å²) in [5.41, 5.74) is 0.741. The third-order valence-electron chi connectivity index (χ3n) is 5.10. The summed E-state index contributed by atoms with van der Waals surface area (Å²) >= 11 is 0. The number of likely N-dealkylation sites (tertiary alicyclic amines) is 1. The third-order valence-corrected chi connectivity index (χ3v) is 5.10. The maximum Gasteiger partial charge on any atom is 0.409 e. The first-order chi connectivity index (χ1) is 13.5. The SMILES string of the molecule is CCOC(=O)N1CCC(N(C(=O)Nc2ccc(OCC)cc2)[C@@H](C)CC)CC1. The van der Waals surface area contributed by atoms with E-state index in [-0.39, 0.29) is 24.2 Å². The van der Waals surface area contributed by atoms with Crippen molar-refractivity contribution in [3.63, 3.8) is 0 Å². The van der Waals surface area contributed by atoms with Crippen LogP contribution in [0, 0.1) is 0 Å². The van der Waals surface area contributed by atoms with Gasteiger partial charge in [-0.05, 0) is 64.3 Å². The lowest BCUT2D eigenvalue weighted by Crippen LogP contribution is -2.53. The van der Waals surface area contributed by atoms with Crippen molar-refractivity contribution in [3.05, 3.63) is 24.3 Å². The van der Waals surface area contributed by atoms with Gasteiger partial charge < -0.3 is 24.6 Å². The average Bonchev–Trinajstić information content (AvgIpc) is 2.70. The molecule has 0 saturated carbocycles. The summed E-state index contributed by atoms with van der Waals surface area (Å²) in [5, 5.41) is 3.00. The van der Waals surface area contributed by atoms with Crippen LogP contribution in [0.5, 0.6) is 5.75 Å². The standard InChI is InChI=1S/C21H33N3O4/c1-5-16(4)24(18-12-14-23(15-13-18)21(26)28-7-3)20(25)22-17-8-10-19(11-9-17)27-6-2/h8-11,16,18H,5-7,12-15H2,1-4H3,(H,22,25)/t16-/m0/s1. The third kappa shape index (κ3) is 5.78. The second-order valence-electron chi connectivity index (χ2n) is 6.97. The molecule has 0 aromatic heterocycles. The molecule has 1 aliphatic heterocycles. The number of nitrogens with zero attached hydrogens (tertiary/aromatic N) is 2. The molecule has 0 aliphatic carbocycles. The fourth-order valence-corrected chi connectivity index (χ4v) is 3.45. The average molecular weight is 392 g/mol. The molecule has 1 aromatic carbocycles. The van der Waals surface area contributed by atoms with Crippen molar-refractivity contribution in [2.75, 3.05) is 31.6 Å². The molecule has 2 rings (SSSR count). The largest absolute Gasteiger partial charge is 0.494 e. The van der Waals surface area contributed by atoms with Crippen molar-refractivity contribution in [1.29, 1.82) is 0 Å². The maximum absolute atomic E-state index is 13.0. The first-order valence-electron chi connectivity index (χ1n) is 10.2. The van der Waals surface area contributed by atoms with Gasteiger partial charge in [0.1, 0.15) is 5.75 Å². The molecule has 7 heteroatoms. The zero-order valence-corrected chi connectivity index (χ0v) is 17.4. The number of piperidine rings is 1. The zero-order valence-electron chi connectivity index (χ0n) is 17.4. The zero-order chi connectivity index (χ0) is 20.5. The van der Waals surface area contributed by atoms with E-state index in [0.717, 1.165) is 30.7 Å². The number of hydrogen-bond donors (Lipinski definition) is 1. The number of benzene rings is 1. The minimum atomic E-state index is -0.269. The lowest BCUT2D eigenvalue weighted by molar-refractivity contribution is 0.0757. The summed E-state index contributed by atoms with van der Waals surface area (Å²) in [6.45, 7) is 10.1. The first-order valence-corrected chi connectivity index (χ1v) is 10.2. The Labute approximate surface area is 168 Å². The Morgan fingerprint density at radius 1 is 1.14 bits per heavy atom. The van der Waals surface area contributed by atoms with Crippen LogP contribution in [-0.4, -0.2) is 60.3 Å². The second kappa shape index (κ2) is 10.8. The fraction of sp³-hybridized carbons (Fsp3) is 0.619. The molecule has 3 amide bonds. The Kier molecular flexibility index (Phi) is 8.42. The predicted molar refractivity (Wildman–Crippen MR) is 110 cm³/mol. The van der Waals surface area contributed by atoms with E-state index in [1.165, 1.54) is 0 Å². The molecule has 7 nitrogen and oxygen atoms in total. The van der Waals surface area contributed by atoms with Gasteiger partial charge in [-0.2, -0.15) is 0 Å². The number of urea groups is 1. The Balaban J connectivity index is 2.01. The highest BCUT2D eigenvalue weighted by molar-refractivity contribution is 5.89. The number of anilines is 1. The number of nitrogens with one attached hydrogen (secondary N) is 1. The highest BCUT2D eigenvalue weighted by Gasteiger charge is 2.32. The van der Waals surface area contributed by atoms with E-state index in [1.807, 2.05) is 36.1 Å². The molecule has 1 saturated heterocycles. The van der Waals surface area contributed by atoms with E-state index in [4.69, 9.17) is 9.47 Å². The monoisotopic (exact) mass is 391 g/mol. The van der Waals surface area contributed by atoms with Crippen LogP contribution in [0.15, 0.2) is 24.3 Å². The van der Waals surface area contributed by atoms with Crippen LogP contribution in [0.2, 0.25) is 0 Å². The lowest BCUT2D eigenvalue weighted by Gasteiger charge is -2.41. The van der Waals surface area contributed by atoms with Crippen LogP contribution in [0.25, 0.3) is 0 Å². The van der Waals surface area contributed by atoms with Gasteiger partial charge in [0.15, 0.2) is 0 Å². The summed E-state index contributed by atoms with van der Waals surface area (Å²) in [7, 11) is 0. The first kappa shape index (κ1) is 21.9. The van der Waals surface area contributed by atoms with Crippen LogP contribution >= 0.6 is 0 Å². The smallest absolute Gasteiger partial charge is 0.409 e. The summed E-state index contributed by atoms with van der Waals surface area (Å²) in [6, 6.07) is 7.51. The molecule has 1 aromatic rings. The molecule has 1 fully saturated rings. The Hall–Kier alpha value is -2.44. The van der Waals surface area contributed by atoms with Crippen molar-refractivity contribution < 1.29 is 19.1 Å². The van der Waals surface area contributed by atoms with Gasteiger partial charge in [0.05, 0.1) is 13.2 Å². The second-order valence-corrected chi connectivity index (χ2v) is 6.97. The normalized spacial score (nSPS) is 15.6. The number of carbonyl (C=O) groups is 2. The van der Waals surface area contributed by atoms with Gasteiger partial charge in [0, 0.05) is 30.9 Å². The molecule has 1 N–H and O–H groups in total. The van der Waals surface area contributed by atoms with E-state index < -0.39 is 0 Å². The van der Waals surface area contributed by atoms with Crippen LogP contribution in [0.1, 0.15) is 47.0 Å². The van der Waals surface area contributed by atoms with Gasteiger partial charge in [-0.3, -0.25) is 0 Å². The van der Waals surface area contributed by atoms with Gasteiger partial charge in [0.2, 0.25) is 0 Å². The van der Waals surface area contributed by atoms with Crippen LogP contribution in [0.4, 0.5) is 15.3 Å². The van der Waals surface area contributed by atoms with Gasteiger partial charge in [-0.1, -0.05) is 6.92 Å². The number of ether oxygens (including phenoxy) is 2. The molecular formula is C21H33N3O4. The summed E-state index contributed by atoms with van der Waals surface area (Å²) in [6.07, 6.45) is 2.10. The Bertz CT molecular complexity index is 627. The number of hydrogen-bond acceptors (Lipinski definition) is 4. The number of rotatable bonds is 7. The van der Waals surface area contributed by atoms with Crippen LogP contribution < -0.4 is 10.1 Å². The van der Waals surface area contributed by atoms with E-state index >= 15 is 0 Å². The van der Waals surface area contributed by atoms with Gasteiger partial charge >= 0.3 is 12.1 Å². The quantitative estimate of drug-likeness (QED) is 0.751. The molecule has 1 heterocycles. The van der Waals surface area contributed by atoms with Crippen LogP contribution in [0.3, 0.4) is 0 Å². The Morgan fingerprint density at radius 2 is 1.79 bits per heavy atom. The minimum Gasteiger partial charge on any atom is -0.494 e. The van der Waals surface area contributed by atoms with Crippen molar-refractivity contribution in [2.45, 2.75) is 59.0 Å².